The number of thioether (sulfide) groups is 1. The number of anilines is 1. The number of para-hydroxylation sites is 1. The molecule has 0 aliphatic heterocycles. The number of sulfonamides is 1. The van der Waals surface area contributed by atoms with Gasteiger partial charge in [0.25, 0.3) is 5.91 Å². The van der Waals surface area contributed by atoms with Crippen molar-refractivity contribution in [2.75, 3.05) is 18.1 Å². The molecular weight excluding hydrogens is 416 g/mol. The lowest BCUT2D eigenvalue weighted by Gasteiger charge is -2.20. The summed E-state index contributed by atoms with van der Waals surface area (Å²) < 4.78 is 27.2. The molecule has 0 saturated carbocycles. The van der Waals surface area contributed by atoms with Crippen LogP contribution in [0, 0.1) is 0 Å². The van der Waals surface area contributed by atoms with E-state index in [1.807, 2.05) is 37.4 Å². The molecule has 0 radical (unpaired) electrons. The summed E-state index contributed by atoms with van der Waals surface area (Å²) in [5, 5.41) is 2.93. The number of amides is 1. The van der Waals surface area contributed by atoms with E-state index in [0.717, 1.165) is 16.1 Å². The molecule has 0 bridgehead atoms. The van der Waals surface area contributed by atoms with E-state index < -0.39 is 10.0 Å². The van der Waals surface area contributed by atoms with E-state index in [-0.39, 0.29) is 17.3 Å². The molecule has 0 spiro atoms. The summed E-state index contributed by atoms with van der Waals surface area (Å²) >= 11 is 1.57. The van der Waals surface area contributed by atoms with Crippen molar-refractivity contribution in [3.05, 3.63) is 90.0 Å². The highest BCUT2D eigenvalue weighted by Crippen LogP contribution is 2.25. The first-order valence-electron chi connectivity index (χ1n) is 9.54. The highest BCUT2D eigenvalue weighted by Gasteiger charge is 2.23. The van der Waals surface area contributed by atoms with Crippen molar-refractivity contribution in [1.82, 2.24) is 4.31 Å². The summed E-state index contributed by atoms with van der Waals surface area (Å²) in [6.45, 7) is 2.40. The van der Waals surface area contributed by atoms with Crippen LogP contribution in [-0.2, 0) is 16.6 Å². The van der Waals surface area contributed by atoms with E-state index in [9.17, 15) is 13.2 Å². The molecule has 0 fully saturated rings. The molecule has 0 aliphatic carbocycles. The van der Waals surface area contributed by atoms with E-state index in [4.69, 9.17) is 0 Å². The lowest BCUT2D eigenvalue weighted by molar-refractivity contribution is 0.102. The van der Waals surface area contributed by atoms with E-state index >= 15 is 0 Å². The van der Waals surface area contributed by atoms with E-state index in [1.165, 1.54) is 4.31 Å². The largest absolute Gasteiger partial charge is 0.321 e. The summed E-state index contributed by atoms with van der Waals surface area (Å²) in [4.78, 5) is 13.9. The van der Waals surface area contributed by atoms with Crippen LogP contribution in [0.2, 0.25) is 0 Å². The zero-order chi connectivity index (χ0) is 21.6. The number of rotatable bonds is 8. The van der Waals surface area contributed by atoms with Crippen LogP contribution in [0.1, 0.15) is 22.8 Å². The van der Waals surface area contributed by atoms with Gasteiger partial charge < -0.3 is 5.32 Å². The van der Waals surface area contributed by atoms with Crippen LogP contribution in [0.4, 0.5) is 5.69 Å². The van der Waals surface area contributed by atoms with Crippen LogP contribution >= 0.6 is 11.8 Å². The monoisotopic (exact) mass is 440 g/mol. The van der Waals surface area contributed by atoms with Crippen molar-refractivity contribution in [1.29, 1.82) is 0 Å². The highest BCUT2D eigenvalue weighted by molar-refractivity contribution is 7.98. The van der Waals surface area contributed by atoms with Gasteiger partial charge in [-0.3, -0.25) is 4.79 Å². The summed E-state index contributed by atoms with van der Waals surface area (Å²) in [5.74, 6) is -0.202. The fourth-order valence-corrected chi connectivity index (χ4v) is 5.03. The second-order valence-corrected chi connectivity index (χ2v) is 9.38. The van der Waals surface area contributed by atoms with Crippen LogP contribution in [0.25, 0.3) is 0 Å². The number of nitrogens with one attached hydrogen (secondary N) is 1. The molecule has 0 atom stereocenters. The van der Waals surface area contributed by atoms with Crippen LogP contribution in [0.5, 0.6) is 0 Å². The summed E-state index contributed by atoms with van der Waals surface area (Å²) in [5.41, 5.74) is 2.10. The number of carbonyl (C=O) groups is 1. The highest BCUT2D eigenvalue weighted by atomic mass is 32.2. The molecule has 7 heteroatoms. The molecule has 3 aromatic carbocycles. The molecule has 0 aromatic heterocycles. The van der Waals surface area contributed by atoms with Crippen molar-refractivity contribution >= 4 is 33.4 Å². The maximum atomic E-state index is 12.9. The van der Waals surface area contributed by atoms with Gasteiger partial charge in [-0.1, -0.05) is 49.4 Å². The Bertz CT molecular complexity index is 1100. The van der Waals surface area contributed by atoms with Crippen molar-refractivity contribution in [2.45, 2.75) is 23.3 Å². The number of hydrogen-bond donors (Lipinski definition) is 1. The Morgan fingerprint density at radius 2 is 1.57 bits per heavy atom. The Morgan fingerprint density at radius 3 is 2.20 bits per heavy atom. The Morgan fingerprint density at radius 1 is 0.933 bits per heavy atom. The van der Waals surface area contributed by atoms with Crippen molar-refractivity contribution in [2.24, 2.45) is 0 Å². The summed E-state index contributed by atoms with van der Waals surface area (Å²) in [6.07, 6.45) is 1.96. The molecule has 1 N–H and O–H groups in total. The van der Waals surface area contributed by atoms with Gasteiger partial charge >= 0.3 is 0 Å². The third kappa shape index (κ3) is 5.11. The summed E-state index contributed by atoms with van der Waals surface area (Å²) in [7, 11) is -3.57. The number of hydrogen-bond acceptors (Lipinski definition) is 4. The predicted molar refractivity (Wildman–Crippen MR) is 122 cm³/mol. The van der Waals surface area contributed by atoms with E-state index in [2.05, 4.69) is 5.32 Å². The van der Waals surface area contributed by atoms with Crippen molar-refractivity contribution in [3.8, 4) is 0 Å². The minimum atomic E-state index is -3.57. The Labute approximate surface area is 182 Å². The average molecular weight is 441 g/mol. The standard InChI is InChI=1S/C23H24N2O3S2/c1-3-25(30(27,28)20-9-5-4-6-10-20)17-18-13-15-19(16-14-18)23(26)24-21-11-7-8-12-22(21)29-2/h4-16H,3,17H2,1-2H3,(H,24,26). The number of carbonyl (C=O) groups excluding carboxylic acids is 1. The molecule has 0 unspecified atom stereocenters. The van der Waals surface area contributed by atoms with Gasteiger partial charge in [0, 0.05) is 23.5 Å². The predicted octanol–water partition coefficient (Wildman–Crippen LogP) is 4.87. The molecule has 3 rings (SSSR count). The molecule has 0 aliphatic rings. The normalized spacial score (nSPS) is 11.4. The Kier molecular flexibility index (Phi) is 7.31. The van der Waals surface area contributed by atoms with Gasteiger partial charge in [-0.2, -0.15) is 4.31 Å². The Hall–Kier alpha value is -2.61. The SMILES string of the molecule is CCN(Cc1ccc(C(=O)Nc2ccccc2SC)cc1)S(=O)(=O)c1ccccc1. The van der Waals surface area contributed by atoms with Gasteiger partial charge in [0.1, 0.15) is 0 Å². The molecule has 5 nitrogen and oxygen atoms in total. The third-order valence-electron chi connectivity index (χ3n) is 4.66. The smallest absolute Gasteiger partial charge is 0.255 e. The maximum Gasteiger partial charge on any atom is 0.255 e. The molecule has 1 amide bonds. The second kappa shape index (κ2) is 9.93. The topological polar surface area (TPSA) is 66.5 Å². The van der Waals surface area contributed by atoms with Gasteiger partial charge in [-0.05, 0) is 48.2 Å². The second-order valence-electron chi connectivity index (χ2n) is 6.60. The van der Waals surface area contributed by atoms with Gasteiger partial charge in [-0.15, -0.1) is 11.8 Å². The fourth-order valence-electron chi connectivity index (χ4n) is 3.02. The molecule has 0 heterocycles. The molecule has 30 heavy (non-hydrogen) atoms. The lowest BCUT2D eigenvalue weighted by Crippen LogP contribution is -2.30. The van der Waals surface area contributed by atoms with Crippen LogP contribution < -0.4 is 5.32 Å². The average Bonchev–Trinajstić information content (AvgIpc) is 2.78. The molecule has 0 saturated heterocycles. The van der Waals surface area contributed by atoms with E-state index in [0.29, 0.717) is 12.1 Å². The Balaban J connectivity index is 1.72. The first-order valence-corrected chi connectivity index (χ1v) is 12.2. The minimum Gasteiger partial charge on any atom is -0.321 e. The summed E-state index contributed by atoms with van der Waals surface area (Å²) in [6, 6.07) is 23.0. The number of benzene rings is 3. The van der Waals surface area contributed by atoms with Crippen LogP contribution in [-0.4, -0.2) is 31.4 Å². The minimum absolute atomic E-state index is 0.202. The molecular formula is C23H24N2O3S2. The van der Waals surface area contributed by atoms with Crippen LogP contribution in [0.15, 0.2) is 88.7 Å². The zero-order valence-electron chi connectivity index (χ0n) is 16.9. The first-order chi connectivity index (χ1) is 14.5. The quantitative estimate of drug-likeness (QED) is 0.508. The van der Waals surface area contributed by atoms with E-state index in [1.54, 1.807) is 66.4 Å². The first kappa shape index (κ1) is 22.1. The van der Waals surface area contributed by atoms with Crippen molar-refractivity contribution < 1.29 is 13.2 Å². The van der Waals surface area contributed by atoms with Gasteiger partial charge in [0.05, 0.1) is 10.6 Å². The maximum absolute atomic E-state index is 12.9. The van der Waals surface area contributed by atoms with Crippen molar-refractivity contribution in [3.63, 3.8) is 0 Å². The zero-order valence-corrected chi connectivity index (χ0v) is 18.5. The molecule has 156 valence electrons. The molecule has 3 aromatic rings. The fraction of sp³-hybridized carbons (Fsp3) is 0.174. The van der Waals surface area contributed by atoms with Gasteiger partial charge in [-0.25, -0.2) is 8.42 Å². The number of nitrogens with zero attached hydrogens (tertiary/aromatic N) is 1. The van der Waals surface area contributed by atoms with Crippen LogP contribution in [0.3, 0.4) is 0 Å². The van der Waals surface area contributed by atoms with Gasteiger partial charge in [0.15, 0.2) is 0 Å². The lowest BCUT2D eigenvalue weighted by atomic mass is 10.1. The third-order valence-corrected chi connectivity index (χ3v) is 7.39. The van der Waals surface area contributed by atoms with Gasteiger partial charge in [0.2, 0.25) is 10.0 Å².